The van der Waals surface area contributed by atoms with Gasteiger partial charge in [-0.25, -0.2) is 4.98 Å². The molecule has 1 unspecified atom stereocenters. The molecule has 0 aliphatic heterocycles. The zero-order chi connectivity index (χ0) is 28.5. The number of thioether (sulfide) groups is 1. The summed E-state index contributed by atoms with van der Waals surface area (Å²) in [5.41, 5.74) is 1.22. The molecule has 1 aromatic carbocycles. The van der Waals surface area contributed by atoms with Gasteiger partial charge in [0.2, 0.25) is 5.91 Å². The van der Waals surface area contributed by atoms with E-state index in [2.05, 4.69) is 30.7 Å². The second kappa shape index (κ2) is 13.6. The molecular formula is C27H28F3N5O4S. The summed E-state index contributed by atoms with van der Waals surface area (Å²) in [6.45, 7) is 0.0898. The van der Waals surface area contributed by atoms with E-state index in [4.69, 9.17) is 0 Å². The van der Waals surface area contributed by atoms with Crippen LogP contribution in [0.25, 0.3) is 0 Å². The van der Waals surface area contributed by atoms with Gasteiger partial charge in [-0.05, 0) is 79.8 Å². The van der Waals surface area contributed by atoms with Crippen LogP contribution < -0.4 is 20.7 Å². The van der Waals surface area contributed by atoms with Gasteiger partial charge in [0.05, 0.1) is 18.2 Å². The summed E-state index contributed by atoms with van der Waals surface area (Å²) in [6.07, 6.45) is 2.60. The summed E-state index contributed by atoms with van der Waals surface area (Å²) in [6, 6.07) is 11.6. The minimum absolute atomic E-state index is 0.0898. The number of carbonyl (C=O) groups excluding carboxylic acids is 2. The van der Waals surface area contributed by atoms with Gasteiger partial charge in [0.25, 0.3) is 5.91 Å². The van der Waals surface area contributed by atoms with Crippen LogP contribution in [0.4, 0.5) is 18.9 Å². The molecule has 4 N–H and O–H groups in total. The third-order valence-corrected chi connectivity index (χ3v) is 7.31. The molecular weight excluding hydrogens is 547 g/mol. The highest BCUT2D eigenvalue weighted by Gasteiger charge is 2.31. The third kappa shape index (κ3) is 8.93. The number of nitrogens with zero attached hydrogens (tertiary/aromatic N) is 2. The molecule has 3 aromatic rings. The van der Waals surface area contributed by atoms with Gasteiger partial charge in [-0.3, -0.25) is 14.6 Å². The normalized spacial score (nSPS) is 18.0. The first-order valence-electron chi connectivity index (χ1n) is 12.6. The van der Waals surface area contributed by atoms with E-state index in [9.17, 15) is 27.9 Å². The van der Waals surface area contributed by atoms with Crippen molar-refractivity contribution in [2.24, 2.45) is 0 Å². The van der Waals surface area contributed by atoms with Gasteiger partial charge >= 0.3 is 6.36 Å². The molecule has 1 aliphatic carbocycles. The van der Waals surface area contributed by atoms with Gasteiger partial charge in [0, 0.05) is 30.3 Å². The van der Waals surface area contributed by atoms with Crippen molar-refractivity contribution in [1.82, 2.24) is 20.6 Å². The summed E-state index contributed by atoms with van der Waals surface area (Å²) in [5.74, 6) is -1.18. The topological polar surface area (TPSA) is 125 Å². The van der Waals surface area contributed by atoms with Crippen molar-refractivity contribution in [2.75, 3.05) is 11.9 Å². The minimum Gasteiger partial charge on any atom is -0.406 e. The number of ether oxygens (including phenoxy) is 1. The first kappa shape index (κ1) is 29.3. The SMILES string of the molecule is O=C(CNC1CCC(O)CC1)NC(Sc1ncccc1C(=O)Nc1ccc(OC(F)(F)F)cc1)c1ccncc1. The van der Waals surface area contributed by atoms with Crippen LogP contribution in [0.1, 0.15) is 47.0 Å². The molecule has 9 nitrogen and oxygen atoms in total. The van der Waals surface area contributed by atoms with Crippen LogP contribution in [-0.4, -0.2) is 51.9 Å². The van der Waals surface area contributed by atoms with Crippen molar-refractivity contribution < 1.29 is 32.6 Å². The molecule has 0 radical (unpaired) electrons. The number of hydrogen-bond acceptors (Lipinski definition) is 8. The van der Waals surface area contributed by atoms with Gasteiger partial charge in [-0.2, -0.15) is 0 Å². The van der Waals surface area contributed by atoms with E-state index in [1.165, 1.54) is 30.1 Å². The lowest BCUT2D eigenvalue weighted by molar-refractivity contribution is -0.274. The number of hydrogen-bond donors (Lipinski definition) is 4. The molecule has 1 atom stereocenters. The van der Waals surface area contributed by atoms with Crippen LogP contribution in [0.3, 0.4) is 0 Å². The number of rotatable bonds is 10. The van der Waals surface area contributed by atoms with E-state index in [0.29, 0.717) is 17.9 Å². The third-order valence-electron chi connectivity index (χ3n) is 6.14. The molecule has 1 aliphatic rings. The highest BCUT2D eigenvalue weighted by molar-refractivity contribution is 7.99. The average Bonchev–Trinajstić information content (AvgIpc) is 2.93. The second-order valence-electron chi connectivity index (χ2n) is 9.11. The molecule has 0 saturated heterocycles. The zero-order valence-corrected chi connectivity index (χ0v) is 22.0. The van der Waals surface area contributed by atoms with Crippen molar-refractivity contribution in [2.45, 2.75) is 54.6 Å². The average molecular weight is 576 g/mol. The van der Waals surface area contributed by atoms with Gasteiger partial charge in [0.1, 0.15) is 16.1 Å². The van der Waals surface area contributed by atoms with Gasteiger partial charge in [-0.1, -0.05) is 11.8 Å². The summed E-state index contributed by atoms with van der Waals surface area (Å²) >= 11 is 1.17. The number of pyridine rings is 2. The number of aliphatic hydroxyl groups excluding tert-OH is 1. The van der Waals surface area contributed by atoms with Crippen LogP contribution in [0.5, 0.6) is 5.75 Å². The first-order chi connectivity index (χ1) is 19.2. The Kier molecular flexibility index (Phi) is 9.96. The molecule has 2 amide bonds. The van der Waals surface area contributed by atoms with E-state index < -0.39 is 23.4 Å². The fraction of sp³-hybridized carbons (Fsp3) is 0.333. The van der Waals surface area contributed by atoms with Crippen molar-refractivity contribution >= 4 is 29.3 Å². The van der Waals surface area contributed by atoms with Crippen molar-refractivity contribution in [3.8, 4) is 5.75 Å². The molecule has 212 valence electrons. The van der Waals surface area contributed by atoms with E-state index in [1.807, 2.05) is 0 Å². The number of carbonyl (C=O) groups is 2. The second-order valence-corrected chi connectivity index (χ2v) is 10.2. The highest BCUT2D eigenvalue weighted by atomic mass is 32.2. The van der Waals surface area contributed by atoms with Gasteiger partial charge < -0.3 is 25.8 Å². The van der Waals surface area contributed by atoms with Crippen LogP contribution in [0.15, 0.2) is 72.1 Å². The Morgan fingerprint density at radius 2 is 1.73 bits per heavy atom. The summed E-state index contributed by atoms with van der Waals surface area (Å²) in [7, 11) is 0. The zero-order valence-electron chi connectivity index (χ0n) is 21.2. The number of amides is 2. The number of aliphatic hydroxyl groups is 1. The van der Waals surface area contributed by atoms with Gasteiger partial charge in [-0.15, -0.1) is 13.2 Å². The quantitative estimate of drug-likeness (QED) is 0.207. The lowest BCUT2D eigenvalue weighted by Gasteiger charge is -2.26. The number of benzene rings is 1. The largest absolute Gasteiger partial charge is 0.573 e. The Balaban J connectivity index is 1.44. The van der Waals surface area contributed by atoms with Crippen LogP contribution in [0.2, 0.25) is 0 Å². The Morgan fingerprint density at radius 1 is 1.02 bits per heavy atom. The summed E-state index contributed by atoms with van der Waals surface area (Å²) in [4.78, 5) is 34.3. The summed E-state index contributed by atoms with van der Waals surface area (Å²) in [5, 5.41) is 18.3. The molecule has 2 heterocycles. The van der Waals surface area contributed by atoms with E-state index in [1.54, 1.807) is 36.7 Å². The number of anilines is 1. The Bertz CT molecular complexity index is 1270. The van der Waals surface area contributed by atoms with E-state index in [-0.39, 0.29) is 35.8 Å². The maximum Gasteiger partial charge on any atom is 0.573 e. The van der Waals surface area contributed by atoms with E-state index >= 15 is 0 Å². The molecule has 1 saturated carbocycles. The molecule has 4 rings (SSSR count). The predicted octanol–water partition coefficient (Wildman–Crippen LogP) is 4.43. The van der Waals surface area contributed by atoms with Crippen molar-refractivity contribution in [1.29, 1.82) is 0 Å². The standard InChI is InChI=1S/C27H28F3N5O4S/c28-27(29,30)39-21-9-5-19(6-10-21)34-24(38)22-2-1-13-32-26(22)40-25(17-11-14-31-15-12-17)35-23(37)16-33-18-3-7-20(36)8-4-18/h1-2,5-6,9-15,18,20,25,33,36H,3-4,7-8,16H2,(H,34,38)(H,35,37). The Morgan fingerprint density at radius 3 is 2.40 bits per heavy atom. The maximum atomic E-state index is 13.1. The van der Waals surface area contributed by atoms with Crippen LogP contribution in [-0.2, 0) is 4.79 Å². The maximum absolute atomic E-state index is 13.1. The number of aromatic nitrogens is 2. The fourth-order valence-corrected chi connectivity index (χ4v) is 5.26. The van der Waals surface area contributed by atoms with Crippen molar-refractivity contribution in [3.63, 3.8) is 0 Å². The van der Waals surface area contributed by atoms with Gasteiger partial charge in [0.15, 0.2) is 0 Å². The monoisotopic (exact) mass is 575 g/mol. The van der Waals surface area contributed by atoms with Crippen LogP contribution in [0, 0.1) is 0 Å². The number of halogens is 3. The summed E-state index contributed by atoms with van der Waals surface area (Å²) < 4.78 is 41.1. The number of nitrogens with one attached hydrogen (secondary N) is 3. The predicted molar refractivity (Wildman–Crippen MR) is 143 cm³/mol. The fourth-order valence-electron chi connectivity index (χ4n) is 4.14. The molecule has 2 aromatic heterocycles. The number of alkyl halides is 3. The Labute approximate surface area is 232 Å². The Hall–Kier alpha value is -3.68. The van der Waals surface area contributed by atoms with E-state index in [0.717, 1.165) is 30.5 Å². The minimum atomic E-state index is -4.82. The molecule has 40 heavy (non-hydrogen) atoms. The smallest absolute Gasteiger partial charge is 0.406 e. The lowest BCUT2D eigenvalue weighted by atomic mass is 9.93. The molecule has 13 heteroatoms. The highest BCUT2D eigenvalue weighted by Crippen LogP contribution is 2.34. The first-order valence-corrected chi connectivity index (χ1v) is 13.4. The lowest BCUT2D eigenvalue weighted by Crippen LogP contribution is -2.42. The van der Waals surface area contributed by atoms with Crippen molar-refractivity contribution in [3.05, 3.63) is 78.2 Å². The molecule has 0 bridgehead atoms. The molecule has 1 fully saturated rings. The van der Waals surface area contributed by atoms with Crippen LogP contribution >= 0.6 is 11.8 Å². The molecule has 0 spiro atoms.